The summed E-state index contributed by atoms with van der Waals surface area (Å²) in [5.41, 5.74) is 0. The molecule has 0 radical (unpaired) electrons. The molecule has 2 rings (SSSR count). The molecule has 1 aromatic heterocycles. The number of rotatable bonds is 3. The Labute approximate surface area is 107 Å². The highest BCUT2D eigenvalue weighted by molar-refractivity contribution is 7.89. The molecule has 0 saturated carbocycles. The molecular formula is C10H16ClN3O2S. The van der Waals surface area contributed by atoms with Crippen molar-refractivity contribution in [2.45, 2.75) is 23.8 Å². The molecule has 0 aromatic carbocycles. The van der Waals surface area contributed by atoms with Crippen LogP contribution in [-0.2, 0) is 10.0 Å². The van der Waals surface area contributed by atoms with E-state index in [2.05, 4.69) is 15.0 Å². The minimum absolute atomic E-state index is 0. The zero-order valence-corrected chi connectivity index (χ0v) is 10.9. The number of piperidine rings is 1. The first-order chi connectivity index (χ1) is 7.68. The average Bonchev–Trinajstić information content (AvgIpc) is 2.31. The van der Waals surface area contributed by atoms with E-state index in [0.29, 0.717) is 6.54 Å². The van der Waals surface area contributed by atoms with Gasteiger partial charge in [-0.3, -0.25) is 4.98 Å². The molecule has 1 aliphatic rings. The zero-order valence-electron chi connectivity index (χ0n) is 9.30. The first-order valence-corrected chi connectivity index (χ1v) is 6.80. The van der Waals surface area contributed by atoms with Gasteiger partial charge in [-0.25, -0.2) is 13.1 Å². The average molecular weight is 278 g/mol. The van der Waals surface area contributed by atoms with Gasteiger partial charge in [-0.15, -0.1) is 12.4 Å². The third-order valence-electron chi connectivity index (χ3n) is 2.56. The quantitative estimate of drug-likeness (QED) is 0.846. The van der Waals surface area contributed by atoms with Gasteiger partial charge >= 0.3 is 0 Å². The number of sulfonamides is 1. The Morgan fingerprint density at radius 1 is 1.47 bits per heavy atom. The number of hydrogen-bond acceptors (Lipinski definition) is 4. The Morgan fingerprint density at radius 2 is 2.29 bits per heavy atom. The number of hydrogen-bond donors (Lipinski definition) is 2. The van der Waals surface area contributed by atoms with Gasteiger partial charge in [0.15, 0.2) is 0 Å². The number of pyridine rings is 1. The summed E-state index contributed by atoms with van der Waals surface area (Å²) in [6.45, 7) is 1.66. The van der Waals surface area contributed by atoms with Crippen LogP contribution in [-0.4, -0.2) is 32.5 Å². The molecule has 0 aliphatic carbocycles. The van der Waals surface area contributed by atoms with Crippen molar-refractivity contribution < 1.29 is 8.42 Å². The molecule has 0 unspecified atom stereocenters. The lowest BCUT2D eigenvalue weighted by Crippen LogP contribution is -2.45. The van der Waals surface area contributed by atoms with E-state index in [1.807, 2.05) is 0 Å². The second-order valence-corrected chi connectivity index (χ2v) is 5.57. The third-order valence-corrected chi connectivity index (χ3v) is 4.07. The largest absolute Gasteiger partial charge is 0.315 e. The molecule has 96 valence electrons. The highest BCUT2D eigenvalue weighted by atomic mass is 35.5. The van der Waals surface area contributed by atoms with Gasteiger partial charge in [0.25, 0.3) is 0 Å². The summed E-state index contributed by atoms with van der Waals surface area (Å²) in [7, 11) is -3.41. The van der Waals surface area contributed by atoms with E-state index >= 15 is 0 Å². The molecule has 5 nitrogen and oxygen atoms in total. The van der Waals surface area contributed by atoms with Crippen molar-refractivity contribution in [3.63, 3.8) is 0 Å². The van der Waals surface area contributed by atoms with Gasteiger partial charge in [0.2, 0.25) is 10.0 Å². The van der Waals surface area contributed by atoms with Gasteiger partial charge in [-0.1, -0.05) is 0 Å². The van der Waals surface area contributed by atoms with Crippen LogP contribution in [0.15, 0.2) is 29.4 Å². The van der Waals surface area contributed by atoms with E-state index in [1.165, 1.54) is 6.20 Å². The monoisotopic (exact) mass is 277 g/mol. The molecule has 1 fully saturated rings. The van der Waals surface area contributed by atoms with Gasteiger partial charge in [0, 0.05) is 25.0 Å². The number of nitrogens with zero attached hydrogens (tertiary/aromatic N) is 1. The predicted octanol–water partition coefficient (Wildman–Crippen LogP) is 0.534. The van der Waals surface area contributed by atoms with Crippen molar-refractivity contribution in [2.75, 3.05) is 13.1 Å². The van der Waals surface area contributed by atoms with Crippen molar-refractivity contribution in [2.24, 2.45) is 0 Å². The van der Waals surface area contributed by atoms with Crippen LogP contribution >= 0.6 is 12.4 Å². The van der Waals surface area contributed by atoms with E-state index < -0.39 is 10.0 Å². The normalized spacial score (nSPS) is 20.6. The van der Waals surface area contributed by atoms with E-state index in [-0.39, 0.29) is 23.3 Å². The van der Waals surface area contributed by atoms with Gasteiger partial charge in [0.1, 0.15) is 4.90 Å². The Balaban J connectivity index is 0.00000144. The Hall–Kier alpha value is -0.690. The Morgan fingerprint density at radius 3 is 2.88 bits per heavy atom. The number of nitrogens with one attached hydrogen (secondary N) is 2. The second-order valence-electron chi connectivity index (χ2n) is 3.85. The first kappa shape index (κ1) is 14.4. The molecule has 1 aliphatic heterocycles. The summed E-state index contributed by atoms with van der Waals surface area (Å²) in [6.07, 6.45) is 4.80. The van der Waals surface area contributed by atoms with Gasteiger partial charge < -0.3 is 5.32 Å². The van der Waals surface area contributed by atoms with Crippen LogP contribution in [0, 0.1) is 0 Å². The van der Waals surface area contributed by atoms with Crippen molar-refractivity contribution in [3.05, 3.63) is 24.5 Å². The minimum Gasteiger partial charge on any atom is -0.315 e. The van der Waals surface area contributed by atoms with Crippen molar-refractivity contribution in [3.8, 4) is 0 Å². The van der Waals surface area contributed by atoms with Gasteiger partial charge in [-0.2, -0.15) is 0 Å². The van der Waals surface area contributed by atoms with Crippen LogP contribution in [0.4, 0.5) is 0 Å². The van der Waals surface area contributed by atoms with Crippen LogP contribution in [0.1, 0.15) is 12.8 Å². The summed E-state index contributed by atoms with van der Waals surface area (Å²) < 4.78 is 26.5. The fraction of sp³-hybridized carbons (Fsp3) is 0.500. The van der Waals surface area contributed by atoms with E-state index in [0.717, 1.165) is 19.4 Å². The van der Waals surface area contributed by atoms with E-state index in [9.17, 15) is 8.42 Å². The van der Waals surface area contributed by atoms with E-state index in [4.69, 9.17) is 0 Å². The fourth-order valence-corrected chi connectivity index (χ4v) is 2.98. The highest BCUT2D eigenvalue weighted by Gasteiger charge is 2.21. The second kappa shape index (κ2) is 6.30. The summed E-state index contributed by atoms with van der Waals surface area (Å²) in [5, 5.41) is 3.17. The maximum Gasteiger partial charge on any atom is 0.242 e. The zero-order chi connectivity index (χ0) is 11.4. The molecule has 0 spiro atoms. The molecule has 1 aromatic rings. The van der Waals surface area contributed by atoms with Crippen LogP contribution in [0.5, 0.6) is 0 Å². The Bertz CT molecular complexity index is 432. The maximum absolute atomic E-state index is 11.9. The predicted molar refractivity (Wildman–Crippen MR) is 67.7 cm³/mol. The topological polar surface area (TPSA) is 71.1 Å². The maximum atomic E-state index is 11.9. The smallest absolute Gasteiger partial charge is 0.242 e. The summed E-state index contributed by atoms with van der Waals surface area (Å²) in [5.74, 6) is 0. The summed E-state index contributed by atoms with van der Waals surface area (Å²) in [4.78, 5) is 4.03. The van der Waals surface area contributed by atoms with Crippen molar-refractivity contribution in [1.82, 2.24) is 15.0 Å². The lowest BCUT2D eigenvalue weighted by molar-refractivity contribution is 0.428. The molecule has 17 heavy (non-hydrogen) atoms. The van der Waals surface area contributed by atoms with Crippen LogP contribution in [0.2, 0.25) is 0 Å². The fourth-order valence-electron chi connectivity index (χ4n) is 1.75. The first-order valence-electron chi connectivity index (χ1n) is 5.31. The molecule has 2 N–H and O–H groups in total. The number of halogens is 1. The van der Waals surface area contributed by atoms with Crippen LogP contribution in [0.3, 0.4) is 0 Å². The van der Waals surface area contributed by atoms with Crippen molar-refractivity contribution >= 4 is 22.4 Å². The lowest BCUT2D eigenvalue weighted by Gasteiger charge is -2.23. The standard InChI is InChI=1S/C10H15N3O2S.ClH/c14-16(15,10-4-2-6-12-8-10)13-9-3-1-5-11-7-9;/h2,4,6,8-9,11,13H,1,3,5,7H2;1H/t9-;/m1./s1. The summed E-state index contributed by atoms with van der Waals surface area (Å²) >= 11 is 0. The highest BCUT2D eigenvalue weighted by Crippen LogP contribution is 2.09. The Kier molecular flexibility index (Phi) is 5.32. The van der Waals surface area contributed by atoms with Crippen LogP contribution < -0.4 is 10.0 Å². The SMILES string of the molecule is Cl.O=S(=O)(N[C@@H]1CCCNC1)c1cccnc1. The molecule has 1 saturated heterocycles. The van der Waals surface area contributed by atoms with Gasteiger partial charge in [0.05, 0.1) is 0 Å². The molecule has 7 heteroatoms. The molecule has 2 heterocycles. The third kappa shape index (κ3) is 3.92. The van der Waals surface area contributed by atoms with Crippen molar-refractivity contribution in [1.29, 1.82) is 0 Å². The molecule has 1 atom stereocenters. The molecule has 0 bridgehead atoms. The van der Waals surface area contributed by atoms with Crippen LogP contribution in [0.25, 0.3) is 0 Å². The van der Waals surface area contributed by atoms with E-state index in [1.54, 1.807) is 18.3 Å². The van der Waals surface area contributed by atoms with Gasteiger partial charge in [-0.05, 0) is 31.5 Å². The number of aromatic nitrogens is 1. The minimum atomic E-state index is -3.41. The summed E-state index contributed by atoms with van der Waals surface area (Å²) in [6, 6.07) is 3.15. The lowest BCUT2D eigenvalue weighted by atomic mass is 10.1. The molecular weight excluding hydrogens is 262 g/mol. The molecule has 0 amide bonds.